The molecule has 1 aromatic carbocycles. The lowest BCUT2D eigenvalue weighted by atomic mass is 9.65. The van der Waals surface area contributed by atoms with Gasteiger partial charge in [0.2, 0.25) is 5.79 Å². The Bertz CT molecular complexity index is 905. The summed E-state index contributed by atoms with van der Waals surface area (Å²) in [6.45, 7) is 26.9. The van der Waals surface area contributed by atoms with Crippen LogP contribution in [0, 0.1) is 16.7 Å². The van der Waals surface area contributed by atoms with Crippen molar-refractivity contribution in [3.8, 4) is 0 Å². The summed E-state index contributed by atoms with van der Waals surface area (Å²) in [5, 5.41) is 0. The van der Waals surface area contributed by atoms with E-state index in [0.29, 0.717) is 0 Å². The third-order valence-corrected chi connectivity index (χ3v) is 7.49. The van der Waals surface area contributed by atoms with Gasteiger partial charge in [-0.3, -0.25) is 9.05 Å². The van der Waals surface area contributed by atoms with Crippen molar-refractivity contribution in [3.05, 3.63) is 52.6 Å². The van der Waals surface area contributed by atoms with Gasteiger partial charge in [-0.15, -0.1) is 0 Å². The lowest BCUT2D eigenvalue weighted by Crippen LogP contribution is -2.54. The molecule has 0 bridgehead atoms. The maximum absolute atomic E-state index is 10.2. The molecule has 1 atom stereocenters. The van der Waals surface area contributed by atoms with Crippen LogP contribution in [0.2, 0.25) is 0 Å². The van der Waals surface area contributed by atoms with Crippen molar-refractivity contribution in [2.75, 3.05) is 0 Å². The molecule has 1 heterocycles. The second-order valence-corrected chi connectivity index (χ2v) is 14.5. The van der Waals surface area contributed by atoms with E-state index in [-0.39, 0.29) is 27.6 Å². The van der Waals surface area contributed by atoms with Gasteiger partial charge in [-0.25, -0.2) is 0 Å². The van der Waals surface area contributed by atoms with E-state index in [1.165, 1.54) is 16.7 Å². The summed E-state index contributed by atoms with van der Waals surface area (Å²) >= 11 is 0. The zero-order valence-corrected chi connectivity index (χ0v) is 23.1. The highest BCUT2D eigenvalue weighted by Crippen LogP contribution is 2.66. The molecule has 0 radical (unpaired) electrons. The highest BCUT2D eigenvalue weighted by Gasteiger charge is 2.60. The van der Waals surface area contributed by atoms with E-state index in [2.05, 4.69) is 113 Å². The zero-order valence-electron chi connectivity index (χ0n) is 22.2. The molecule has 1 saturated heterocycles. The van der Waals surface area contributed by atoms with Crippen molar-refractivity contribution in [3.63, 3.8) is 0 Å². The molecule has 3 rings (SSSR count). The van der Waals surface area contributed by atoms with Crippen molar-refractivity contribution >= 4 is 14.2 Å². The van der Waals surface area contributed by atoms with E-state index in [1.54, 1.807) is 0 Å². The second kappa shape index (κ2) is 7.77. The van der Waals surface area contributed by atoms with E-state index >= 15 is 0 Å². The van der Waals surface area contributed by atoms with Crippen LogP contribution in [0.5, 0.6) is 0 Å². The Morgan fingerprint density at radius 1 is 0.750 bits per heavy atom. The van der Waals surface area contributed by atoms with Gasteiger partial charge in [0.25, 0.3) is 0 Å². The van der Waals surface area contributed by atoms with E-state index in [1.807, 2.05) is 0 Å². The van der Waals surface area contributed by atoms with Crippen molar-refractivity contribution < 1.29 is 13.9 Å². The number of rotatable bonds is 1. The van der Waals surface area contributed by atoms with Crippen LogP contribution in [0.4, 0.5) is 0 Å². The Hall–Kier alpha value is -0.990. The van der Waals surface area contributed by atoms with E-state index in [0.717, 1.165) is 11.1 Å². The quantitative estimate of drug-likeness (QED) is 0.430. The number of hydrogen-bond donors (Lipinski definition) is 1. The molecular weight excluding hydrogens is 415 g/mol. The minimum atomic E-state index is -1.85. The predicted octanol–water partition coefficient (Wildman–Crippen LogP) is 8.28. The topological polar surface area (TPSA) is 38.7 Å². The van der Waals surface area contributed by atoms with Gasteiger partial charge in [0.15, 0.2) is 0 Å². The summed E-state index contributed by atoms with van der Waals surface area (Å²) in [5.41, 5.74) is 5.90. The molecule has 0 amide bonds. The van der Waals surface area contributed by atoms with Gasteiger partial charge in [0.05, 0.1) is 0 Å². The maximum Gasteiger partial charge on any atom is 0.335 e. The van der Waals surface area contributed by atoms with Crippen molar-refractivity contribution in [2.45, 2.75) is 99.7 Å². The van der Waals surface area contributed by atoms with Gasteiger partial charge in [-0.05, 0) is 50.0 Å². The van der Waals surface area contributed by atoms with Crippen molar-refractivity contribution in [1.82, 2.24) is 0 Å². The van der Waals surface area contributed by atoms with Crippen LogP contribution in [-0.2, 0) is 19.9 Å². The number of hydrogen-bond acceptors (Lipinski definition) is 3. The summed E-state index contributed by atoms with van der Waals surface area (Å²) in [6, 6.07) is 6.92. The molecule has 4 heteroatoms. The highest BCUT2D eigenvalue weighted by atomic mass is 31.2. The van der Waals surface area contributed by atoms with Gasteiger partial charge < -0.3 is 4.89 Å². The first-order valence-corrected chi connectivity index (χ1v) is 12.9. The van der Waals surface area contributed by atoms with E-state index < -0.39 is 14.4 Å². The monoisotopic (exact) mass is 458 g/mol. The highest BCUT2D eigenvalue weighted by molar-refractivity contribution is 7.41. The normalized spacial score (nSPS) is 27.2. The van der Waals surface area contributed by atoms with Crippen LogP contribution in [0.15, 0.2) is 35.9 Å². The largest absolute Gasteiger partial charge is 0.335 e. The third-order valence-electron chi connectivity index (χ3n) is 6.63. The van der Waals surface area contributed by atoms with E-state index in [9.17, 15) is 4.89 Å². The average molecular weight is 459 g/mol. The summed E-state index contributed by atoms with van der Waals surface area (Å²) in [5.74, 6) is -0.981. The first-order chi connectivity index (χ1) is 14.2. The average Bonchev–Trinajstić information content (AvgIpc) is 2.56. The summed E-state index contributed by atoms with van der Waals surface area (Å²) in [6.07, 6.45) is 4.56. The van der Waals surface area contributed by atoms with E-state index in [4.69, 9.17) is 9.05 Å². The Morgan fingerprint density at radius 2 is 1.22 bits per heavy atom. The standard InChI is InChI=1S/C28H43O3P/c1-24(2,3)19-13-18(14-20(15-19)25(4,5)6)22-16-21(26(7,8)9)17-23(27(10,11)12)28(22)30-32(29)31-28/h13-17,23,29H,1-12H3. The first kappa shape index (κ1) is 25.6. The van der Waals surface area contributed by atoms with Gasteiger partial charge >= 0.3 is 8.60 Å². The summed E-state index contributed by atoms with van der Waals surface area (Å²) in [7, 11) is -1.85. The lowest BCUT2D eigenvalue weighted by molar-refractivity contribution is -0.197. The third kappa shape index (κ3) is 4.78. The smallest absolute Gasteiger partial charge is 0.328 e. The maximum atomic E-state index is 10.2. The molecule has 0 saturated carbocycles. The van der Waals surface area contributed by atoms with Gasteiger partial charge in [-0.2, -0.15) is 0 Å². The molecule has 1 aliphatic carbocycles. The van der Waals surface area contributed by atoms with Crippen LogP contribution >= 0.6 is 8.60 Å². The minimum absolute atomic E-state index is 0.00938. The second-order valence-electron chi connectivity index (χ2n) is 13.7. The molecule has 1 fully saturated rings. The molecule has 178 valence electrons. The molecule has 1 N–H and O–H groups in total. The fourth-order valence-electron chi connectivity index (χ4n) is 4.43. The Morgan fingerprint density at radius 3 is 1.56 bits per heavy atom. The molecule has 2 aliphatic rings. The van der Waals surface area contributed by atoms with Crippen molar-refractivity contribution in [1.29, 1.82) is 0 Å². The molecule has 32 heavy (non-hydrogen) atoms. The van der Waals surface area contributed by atoms with Crippen LogP contribution < -0.4 is 0 Å². The van der Waals surface area contributed by atoms with Gasteiger partial charge in [0, 0.05) is 11.5 Å². The SMILES string of the molecule is CC(C)(C)C1=CC(C(C)(C)C)C2(OP(O)O2)C(c2cc(C(C)(C)C)cc(C(C)(C)C)c2)=C1. The number of allylic oxidation sites excluding steroid dienone is 2. The molecule has 1 spiro atoms. The molecular formula is C28H43O3P. The summed E-state index contributed by atoms with van der Waals surface area (Å²) in [4.78, 5) is 10.2. The van der Waals surface area contributed by atoms with Crippen molar-refractivity contribution in [2.24, 2.45) is 16.7 Å². The Balaban J connectivity index is 2.32. The zero-order chi connectivity index (χ0) is 24.5. The fraction of sp³-hybridized carbons (Fsp3) is 0.643. The molecule has 1 unspecified atom stereocenters. The molecule has 1 aromatic rings. The van der Waals surface area contributed by atoms with Crippen LogP contribution in [0.25, 0.3) is 5.57 Å². The molecule has 3 nitrogen and oxygen atoms in total. The fourth-order valence-corrected chi connectivity index (χ4v) is 5.33. The van der Waals surface area contributed by atoms with Gasteiger partial charge in [-0.1, -0.05) is 107 Å². The molecule has 0 aromatic heterocycles. The predicted molar refractivity (Wildman–Crippen MR) is 136 cm³/mol. The van der Waals surface area contributed by atoms with Crippen LogP contribution in [0.1, 0.15) is 99.8 Å². The first-order valence-electron chi connectivity index (χ1n) is 11.7. The molecule has 1 aliphatic heterocycles. The minimum Gasteiger partial charge on any atom is -0.328 e. The summed E-state index contributed by atoms with van der Waals surface area (Å²) < 4.78 is 12.3. The van der Waals surface area contributed by atoms with Crippen LogP contribution in [0.3, 0.4) is 0 Å². The van der Waals surface area contributed by atoms with Gasteiger partial charge in [0.1, 0.15) is 0 Å². The Kier molecular flexibility index (Phi) is 6.22. The number of benzene rings is 1. The van der Waals surface area contributed by atoms with Crippen LogP contribution in [-0.4, -0.2) is 10.7 Å². The lowest BCUT2D eigenvalue weighted by Gasteiger charge is -2.54. The Labute approximate surface area is 197 Å².